The maximum absolute atomic E-state index is 11.4. The fourth-order valence-corrected chi connectivity index (χ4v) is 3.72. The topological polar surface area (TPSA) is 24.7 Å². The quantitative estimate of drug-likeness (QED) is 0.776. The number of hydrogen-bond acceptors (Lipinski definition) is 1. The highest BCUT2D eigenvalue weighted by molar-refractivity contribution is 5.26. The summed E-state index contributed by atoms with van der Waals surface area (Å²) in [5.41, 5.74) is 0.249. The van der Waals surface area contributed by atoms with Crippen LogP contribution in [0.1, 0.15) is 58.4 Å². The largest absolute Gasteiger partial charge is 0.384 e. The molecule has 0 bridgehead atoms. The van der Waals surface area contributed by atoms with Crippen LogP contribution in [-0.4, -0.2) is 24.2 Å². The molecule has 2 N–H and O–H groups in total. The van der Waals surface area contributed by atoms with Gasteiger partial charge < -0.3 is 10.0 Å². The molecule has 0 aromatic heterocycles. The van der Waals surface area contributed by atoms with E-state index in [1.807, 2.05) is 18.2 Å². The minimum atomic E-state index is -0.783. The van der Waals surface area contributed by atoms with Crippen LogP contribution in [0.2, 0.25) is 0 Å². The van der Waals surface area contributed by atoms with E-state index in [0.717, 1.165) is 31.5 Å². The second kappa shape index (κ2) is 8.52. The summed E-state index contributed by atoms with van der Waals surface area (Å²) in [6.45, 7) is 8.64. The van der Waals surface area contributed by atoms with Crippen molar-refractivity contribution in [2.75, 3.05) is 13.1 Å². The van der Waals surface area contributed by atoms with E-state index < -0.39 is 5.60 Å². The van der Waals surface area contributed by atoms with Crippen molar-refractivity contribution in [2.45, 2.75) is 64.5 Å². The van der Waals surface area contributed by atoms with Gasteiger partial charge in [-0.1, -0.05) is 49.1 Å². The van der Waals surface area contributed by atoms with Gasteiger partial charge in [0.25, 0.3) is 0 Å². The number of hydrogen-bond donors (Lipinski definition) is 2. The first-order valence-corrected chi connectivity index (χ1v) is 9.16. The van der Waals surface area contributed by atoms with Crippen molar-refractivity contribution in [3.05, 3.63) is 35.9 Å². The Hall–Kier alpha value is -1.30. The van der Waals surface area contributed by atoms with Gasteiger partial charge in [-0.05, 0) is 51.0 Å². The lowest BCUT2D eigenvalue weighted by Crippen LogP contribution is -3.14. The minimum absolute atomic E-state index is 0.346. The number of benzene rings is 1. The van der Waals surface area contributed by atoms with Gasteiger partial charge >= 0.3 is 0 Å². The van der Waals surface area contributed by atoms with Crippen LogP contribution in [0.15, 0.2) is 30.3 Å². The lowest BCUT2D eigenvalue weighted by molar-refractivity contribution is -0.912. The van der Waals surface area contributed by atoms with E-state index >= 15 is 0 Å². The predicted octanol–water partition coefficient (Wildman–Crippen LogP) is 2.77. The molecule has 1 aromatic rings. The standard InChI is InChI=1S/C21H31NO/c1-4-22(18(2)3)17-11-10-16-21(23,20-14-8-9-15-20)19-12-6-5-7-13-19/h5-7,12-13,18,20,23H,4,8-9,14-17H2,1-3H3/p+1/t21-/m1/s1. The Balaban J connectivity index is 2.10. The summed E-state index contributed by atoms with van der Waals surface area (Å²) in [7, 11) is 0. The van der Waals surface area contributed by atoms with Crippen LogP contribution in [0, 0.1) is 17.8 Å². The Labute approximate surface area is 141 Å². The van der Waals surface area contributed by atoms with E-state index in [0.29, 0.717) is 18.4 Å². The molecule has 23 heavy (non-hydrogen) atoms. The highest BCUT2D eigenvalue weighted by Gasteiger charge is 2.39. The molecule has 1 aliphatic carbocycles. The number of rotatable bonds is 6. The number of nitrogens with one attached hydrogen (secondary N) is 1. The smallest absolute Gasteiger partial charge is 0.139 e. The molecular weight excluding hydrogens is 282 g/mol. The maximum atomic E-state index is 11.4. The molecule has 0 aliphatic heterocycles. The van der Waals surface area contributed by atoms with Gasteiger partial charge in [0.15, 0.2) is 0 Å². The number of quaternary nitrogens is 1. The zero-order valence-corrected chi connectivity index (χ0v) is 14.9. The molecule has 0 heterocycles. The molecule has 1 unspecified atom stereocenters. The molecule has 1 aromatic carbocycles. The lowest BCUT2D eigenvalue weighted by atomic mass is 9.78. The molecule has 0 amide bonds. The molecule has 0 saturated heterocycles. The minimum Gasteiger partial charge on any atom is -0.384 e. The summed E-state index contributed by atoms with van der Waals surface area (Å²) >= 11 is 0. The van der Waals surface area contributed by atoms with E-state index in [9.17, 15) is 5.11 Å². The summed E-state index contributed by atoms with van der Waals surface area (Å²) in [6, 6.07) is 10.7. The maximum Gasteiger partial charge on any atom is 0.139 e. The molecule has 2 atom stereocenters. The van der Waals surface area contributed by atoms with Crippen LogP contribution in [0.3, 0.4) is 0 Å². The zero-order chi connectivity index (χ0) is 16.7. The van der Waals surface area contributed by atoms with Crippen molar-refractivity contribution < 1.29 is 10.0 Å². The molecule has 126 valence electrons. The van der Waals surface area contributed by atoms with Crippen LogP contribution in [0.25, 0.3) is 0 Å². The second-order valence-electron chi connectivity index (χ2n) is 7.15. The van der Waals surface area contributed by atoms with Gasteiger partial charge in [-0.2, -0.15) is 0 Å². The predicted molar refractivity (Wildman–Crippen MR) is 96.2 cm³/mol. The summed E-state index contributed by atoms with van der Waals surface area (Å²) in [5, 5.41) is 11.4. The fourth-order valence-electron chi connectivity index (χ4n) is 3.72. The fraction of sp³-hybridized carbons (Fsp3) is 0.619. The number of aliphatic hydroxyl groups is 1. The first-order chi connectivity index (χ1) is 11.1. The third-order valence-electron chi connectivity index (χ3n) is 5.37. The van der Waals surface area contributed by atoms with Gasteiger partial charge in [0, 0.05) is 6.42 Å². The van der Waals surface area contributed by atoms with Crippen molar-refractivity contribution >= 4 is 0 Å². The molecule has 2 rings (SSSR count). The summed E-state index contributed by atoms with van der Waals surface area (Å²) < 4.78 is 0. The Morgan fingerprint density at radius 1 is 1.17 bits per heavy atom. The SMILES string of the molecule is CC[NH+](CC#CC[C@@](O)(c1ccccc1)C1CCCC1)C(C)C. The van der Waals surface area contributed by atoms with Gasteiger partial charge in [-0.15, -0.1) is 0 Å². The molecule has 2 heteroatoms. The van der Waals surface area contributed by atoms with Crippen molar-refractivity contribution in [3.8, 4) is 11.8 Å². The second-order valence-corrected chi connectivity index (χ2v) is 7.15. The van der Waals surface area contributed by atoms with Crippen LogP contribution in [-0.2, 0) is 5.60 Å². The van der Waals surface area contributed by atoms with E-state index in [1.165, 1.54) is 17.7 Å². The third-order valence-corrected chi connectivity index (χ3v) is 5.37. The normalized spacial score (nSPS) is 19.2. The lowest BCUT2D eigenvalue weighted by Gasteiger charge is -2.33. The van der Waals surface area contributed by atoms with E-state index in [-0.39, 0.29) is 0 Å². The molecule has 1 aliphatic rings. The van der Waals surface area contributed by atoms with Gasteiger partial charge in [0.1, 0.15) is 12.1 Å². The molecule has 0 radical (unpaired) electrons. The monoisotopic (exact) mass is 314 g/mol. The Bertz CT molecular complexity index is 522. The van der Waals surface area contributed by atoms with E-state index in [1.54, 1.807) is 0 Å². The highest BCUT2D eigenvalue weighted by atomic mass is 16.3. The summed E-state index contributed by atoms with van der Waals surface area (Å²) in [5.74, 6) is 6.97. The molecule has 1 fully saturated rings. The van der Waals surface area contributed by atoms with Crippen LogP contribution >= 0.6 is 0 Å². The zero-order valence-electron chi connectivity index (χ0n) is 14.9. The Morgan fingerprint density at radius 2 is 1.83 bits per heavy atom. The average Bonchev–Trinajstić information content (AvgIpc) is 3.10. The van der Waals surface area contributed by atoms with Crippen LogP contribution < -0.4 is 4.90 Å². The third kappa shape index (κ3) is 4.59. The van der Waals surface area contributed by atoms with Crippen LogP contribution in [0.4, 0.5) is 0 Å². The molecule has 0 spiro atoms. The van der Waals surface area contributed by atoms with Gasteiger partial charge in [-0.3, -0.25) is 0 Å². The van der Waals surface area contributed by atoms with Crippen LogP contribution in [0.5, 0.6) is 0 Å². The Kier molecular flexibility index (Phi) is 6.69. The van der Waals surface area contributed by atoms with Gasteiger partial charge in [0.2, 0.25) is 0 Å². The van der Waals surface area contributed by atoms with Crippen molar-refractivity contribution in [2.24, 2.45) is 5.92 Å². The molecule has 1 saturated carbocycles. The van der Waals surface area contributed by atoms with Gasteiger partial charge in [0.05, 0.1) is 12.6 Å². The van der Waals surface area contributed by atoms with Crippen molar-refractivity contribution in [1.29, 1.82) is 0 Å². The molecule has 2 nitrogen and oxygen atoms in total. The van der Waals surface area contributed by atoms with Gasteiger partial charge in [-0.25, -0.2) is 0 Å². The first-order valence-electron chi connectivity index (χ1n) is 9.16. The summed E-state index contributed by atoms with van der Waals surface area (Å²) in [4.78, 5) is 1.50. The average molecular weight is 314 g/mol. The Morgan fingerprint density at radius 3 is 2.39 bits per heavy atom. The summed E-state index contributed by atoms with van der Waals surface area (Å²) in [6.07, 6.45) is 5.25. The van der Waals surface area contributed by atoms with Crippen molar-refractivity contribution in [3.63, 3.8) is 0 Å². The van der Waals surface area contributed by atoms with Crippen molar-refractivity contribution in [1.82, 2.24) is 0 Å². The highest BCUT2D eigenvalue weighted by Crippen LogP contribution is 2.42. The van der Waals surface area contributed by atoms with E-state index in [4.69, 9.17) is 0 Å². The molecular formula is C21H32NO+. The first kappa shape index (κ1) is 18.0. The van der Waals surface area contributed by atoms with E-state index in [2.05, 4.69) is 44.7 Å².